The molecule has 2 N–H and O–H groups in total. The summed E-state index contributed by atoms with van der Waals surface area (Å²) in [5, 5.41) is 0. The number of methoxy groups -OCH3 is 1. The Labute approximate surface area is 121 Å². The molecule has 3 nitrogen and oxygen atoms in total. The first-order valence-corrected chi connectivity index (χ1v) is 7.48. The van der Waals surface area contributed by atoms with Gasteiger partial charge < -0.3 is 10.5 Å². The molecule has 1 aliphatic rings. The number of rotatable bonds is 5. The Morgan fingerprint density at radius 1 is 1.30 bits per heavy atom. The minimum atomic E-state index is 0.0295. The molecule has 1 aliphatic carbocycles. The van der Waals surface area contributed by atoms with Crippen LogP contribution in [0.2, 0.25) is 0 Å². The van der Waals surface area contributed by atoms with E-state index in [0.29, 0.717) is 13.0 Å². The Kier molecular flexibility index (Phi) is 4.81. The van der Waals surface area contributed by atoms with Crippen LogP contribution in [0, 0.1) is 12.3 Å². The molecule has 0 saturated heterocycles. The predicted octanol–water partition coefficient (Wildman–Crippen LogP) is 3.49. The van der Waals surface area contributed by atoms with E-state index in [2.05, 4.69) is 0 Å². The maximum absolute atomic E-state index is 12.6. The van der Waals surface area contributed by atoms with Crippen LogP contribution in [0.3, 0.4) is 0 Å². The summed E-state index contributed by atoms with van der Waals surface area (Å²) in [6, 6.07) is 5.66. The molecule has 0 amide bonds. The van der Waals surface area contributed by atoms with Crippen LogP contribution in [0.15, 0.2) is 18.2 Å². The highest BCUT2D eigenvalue weighted by Crippen LogP contribution is 2.39. The number of benzene rings is 1. The Bertz CT molecular complexity index is 476. The monoisotopic (exact) mass is 275 g/mol. The maximum Gasteiger partial charge on any atom is 0.163 e. The van der Waals surface area contributed by atoms with E-state index in [1.807, 2.05) is 25.1 Å². The van der Waals surface area contributed by atoms with Crippen LogP contribution in [0.25, 0.3) is 0 Å². The zero-order chi connectivity index (χ0) is 14.6. The van der Waals surface area contributed by atoms with Gasteiger partial charge in [0.2, 0.25) is 0 Å². The number of carbonyl (C=O) groups is 1. The first-order chi connectivity index (χ1) is 9.60. The zero-order valence-electron chi connectivity index (χ0n) is 12.6. The minimum absolute atomic E-state index is 0.0295. The largest absolute Gasteiger partial charge is 0.497 e. The normalized spacial score (nSPS) is 17.8. The lowest BCUT2D eigenvalue weighted by atomic mass is 9.70. The van der Waals surface area contributed by atoms with Gasteiger partial charge in [0.15, 0.2) is 5.78 Å². The van der Waals surface area contributed by atoms with Gasteiger partial charge in [-0.15, -0.1) is 0 Å². The van der Waals surface area contributed by atoms with Crippen molar-refractivity contribution in [2.75, 3.05) is 13.7 Å². The fourth-order valence-electron chi connectivity index (χ4n) is 3.27. The van der Waals surface area contributed by atoms with Crippen molar-refractivity contribution in [2.45, 2.75) is 45.4 Å². The van der Waals surface area contributed by atoms with Crippen LogP contribution in [0.1, 0.15) is 54.4 Å². The predicted molar refractivity (Wildman–Crippen MR) is 81.3 cm³/mol. The first-order valence-electron chi connectivity index (χ1n) is 7.48. The summed E-state index contributed by atoms with van der Waals surface area (Å²) in [5.41, 5.74) is 7.80. The number of nitrogens with two attached hydrogens (primary N) is 1. The number of ketones is 1. The van der Waals surface area contributed by atoms with Crippen LogP contribution in [-0.4, -0.2) is 19.4 Å². The molecule has 0 aliphatic heterocycles. The molecular formula is C17H25NO2. The lowest BCUT2D eigenvalue weighted by Gasteiger charge is -2.35. The Morgan fingerprint density at radius 2 is 2.00 bits per heavy atom. The molecule has 20 heavy (non-hydrogen) atoms. The van der Waals surface area contributed by atoms with Gasteiger partial charge in [0.05, 0.1) is 7.11 Å². The van der Waals surface area contributed by atoms with Crippen molar-refractivity contribution in [1.29, 1.82) is 0 Å². The lowest BCUT2D eigenvalue weighted by Crippen LogP contribution is -2.35. The molecule has 110 valence electrons. The summed E-state index contributed by atoms with van der Waals surface area (Å²) >= 11 is 0. The van der Waals surface area contributed by atoms with Gasteiger partial charge in [0.1, 0.15) is 5.75 Å². The van der Waals surface area contributed by atoms with Crippen molar-refractivity contribution in [3.8, 4) is 5.75 Å². The van der Waals surface area contributed by atoms with Crippen LogP contribution in [0.4, 0.5) is 0 Å². The van der Waals surface area contributed by atoms with Crippen LogP contribution >= 0.6 is 0 Å². The van der Waals surface area contributed by atoms with Gasteiger partial charge in [-0.3, -0.25) is 4.79 Å². The van der Waals surface area contributed by atoms with E-state index in [9.17, 15) is 4.79 Å². The fraction of sp³-hybridized carbons (Fsp3) is 0.588. The summed E-state index contributed by atoms with van der Waals surface area (Å²) in [6.45, 7) is 2.58. The first kappa shape index (κ1) is 15.0. The second kappa shape index (κ2) is 6.40. The summed E-state index contributed by atoms with van der Waals surface area (Å²) < 4.78 is 5.19. The van der Waals surface area contributed by atoms with Crippen LogP contribution in [-0.2, 0) is 0 Å². The molecule has 1 aromatic carbocycles. The second-order valence-electron chi connectivity index (χ2n) is 6.05. The number of hydrogen-bond acceptors (Lipinski definition) is 3. The smallest absolute Gasteiger partial charge is 0.163 e. The number of Topliss-reactive ketones (excluding diaryl/α,β-unsaturated/α-hetero) is 1. The highest BCUT2D eigenvalue weighted by Gasteiger charge is 2.33. The lowest BCUT2D eigenvalue weighted by molar-refractivity contribution is 0.0867. The average Bonchev–Trinajstić information content (AvgIpc) is 2.47. The molecule has 3 heteroatoms. The van der Waals surface area contributed by atoms with E-state index in [0.717, 1.165) is 29.7 Å². The quantitative estimate of drug-likeness (QED) is 0.837. The summed E-state index contributed by atoms with van der Waals surface area (Å²) in [5.74, 6) is 1.02. The van der Waals surface area contributed by atoms with Crippen molar-refractivity contribution in [3.05, 3.63) is 29.3 Å². The molecule has 1 aromatic rings. The molecule has 1 fully saturated rings. The topological polar surface area (TPSA) is 52.3 Å². The second-order valence-corrected chi connectivity index (χ2v) is 6.05. The van der Waals surface area contributed by atoms with E-state index >= 15 is 0 Å². The van der Waals surface area contributed by atoms with Gasteiger partial charge >= 0.3 is 0 Å². The number of carbonyl (C=O) groups excluding carboxylic acids is 1. The number of hydrogen-bond donors (Lipinski definition) is 1. The summed E-state index contributed by atoms with van der Waals surface area (Å²) in [4.78, 5) is 12.6. The molecule has 0 radical (unpaired) electrons. The summed E-state index contributed by atoms with van der Waals surface area (Å²) in [7, 11) is 1.64. The molecular weight excluding hydrogens is 250 g/mol. The molecule has 0 bridgehead atoms. The van der Waals surface area contributed by atoms with Gasteiger partial charge in [0.25, 0.3) is 0 Å². The van der Waals surface area contributed by atoms with Crippen molar-refractivity contribution >= 4 is 5.78 Å². The van der Waals surface area contributed by atoms with E-state index in [1.54, 1.807) is 7.11 Å². The molecule has 0 atom stereocenters. The highest BCUT2D eigenvalue weighted by molar-refractivity contribution is 5.98. The molecule has 2 rings (SSSR count). The minimum Gasteiger partial charge on any atom is -0.497 e. The van der Waals surface area contributed by atoms with Crippen molar-refractivity contribution in [1.82, 2.24) is 0 Å². The number of aryl methyl sites for hydroxylation is 1. The van der Waals surface area contributed by atoms with Crippen molar-refractivity contribution < 1.29 is 9.53 Å². The summed E-state index contributed by atoms with van der Waals surface area (Å²) in [6.07, 6.45) is 6.43. The third-order valence-corrected chi connectivity index (χ3v) is 4.62. The fourth-order valence-corrected chi connectivity index (χ4v) is 3.27. The molecule has 0 unspecified atom stereocenters. The Hall–Kier alpha value is -1.35. The van der Waals surface area contributed by atoms with Crippen molar-refractivity contribution in [3.63, 3.8) is 0 Å². The third kappa shape index (κ3) is 3.21. The molecule has 1 saturated carbocycles. The van der Waals surface area contributed by atoms with Gasteiger partial charge in [-0.1, -0.05) is 19.3 Å². The van der Waals surface area contributed by atoms with Crippen LogP contribution in [0.5, 0.6) is 5.75 Å². The van der Waals surface area contributed by atoms with Gasteiger partial charge in [0, 0.05) is 12.0 Å². The Morgan fingerprint density at radius 3 is 2.55 bits per heavy atom. The van der Waals surface area contributed by atoms with Gasteiger partial charge in [-0.05, 0) is 55.5 Å². The standard InChI is InChI=1S/C17H25NO2/c1-13-10-14(20-2)6-7-15(13)16(19)11-17(12-18)8-4-3-5-9-17/h6-7,10H,3-5,8-9,11-12,18H2,1-2H3. The SMILES string of the molecule is COc1ccc(C(=O)CC2(CN)CCCCC2)c(C)c1. The van der Waals surface area contributed by atoms with Gasteiger partial charge in [-0.25, -0.2) is 0 Å². The molecule has 0 spiro atoms. The zero-order valence-corrected chi connectivity index (χ0v) is 12.6. The maximum atomic E-state index is 12.6. The third-order valence-electron chi connectivity index (χ3n) is 4.62. The molecule has 0 heterocycles. The van der Waals surface area contributed by atoms with Crippen molar-refractivity contribution in [2.24, 2.45) is 11.1 Å². The molecule has 0 aromatic heterocycles. The van der Waals surface area contributed by atoms with E-state index in [4.69, 9.17) is 10.5 Å². The number of ether oxygens (including phenoxy) is 1. The highest BCUT2D eigenvalue weighted by atomic mass is 16.5. The Balaban J connectivity index is 2.14. The van der Waals surface area contributed by atoms with E-state index in [1.165, 1.54) is 19.3 Å². The van der Waals surface area contributed by atoms with E-state index in [-0.39, 0.29) is 11.2 Å². The average molecular weight is 275 g/mol. The van der Waals surface area contributed by atoms with Gasteiger partial charge in [-0.2, -0.15) is 0 Å². The van der Waals surface area contributed by atoms with E-state index < -0.39 is 0 Å². The van der Waals surface area contributed by atoms with Crippen LogP contribution < -0.4 is 10.5 Å².